The van der Waals surface area contributed by atoms with Gasteiger partial charge in [-0.2, -0.15) is 0 Å². The fourth-order valence-electron chi connectivity index (χ4n) is 2.99. The van der Waals surface area contributed by atoms with Gasteiger partial charge >= 0.3 is 0 Å². The van der Waals surface area contributed by atoms with Crippen LogP contribution in [-0.4, -0.2) is 23.1 Å². The Bertz CT molecular complexity index is 610. The molecule has 1 aromatic heterocycles. The van der Waals surface area contributed by atoms with Crippen LogP contribution in [0.5, 0.6) is 0 Å². The molecule has 1 aliphatic rings. The predicted molar refractivity (Wildman–Crippen MR) is 78.0 cm³/mol. The summed E-state index contributed by atoms with van der Waals surface area (Å²) >= 11 is 0. The van der Waals surface area contributed by atoms with Crippen molar-refractivity contribution in [3.63, 3.8) is 0 Å². The number of benzene rings is 1. The first-order valence-corrected chi connectivity index (χ1v) is 6.90. The van der Waals surface area contributed by atoms with E-state index in [0.717, 1.165) is 17.9 Å². The predicted octanol–water partition coefficient (Wildman–Crippen LogP) is 1.88. The zero-order valence-electron chi connectivity index (χ0n) is 11.9. The molecule has 0 radical (unpaired) electrons. The number of hydrogen-bond donors (Lipinski definition) is 2. The second kappa shape index (κ2) is 4.32. The summed E-state index contributed by atoms with van der Waals surface area (Å²) in [6.45, 7) is 3.02. The van der Waals surface area contributed by atoms with Gasteiger partial charge < -0.3 is 15.6 Å². The Kier molecular flexibility index (Phi) is 2.87. The van der Waals surface area contributed by atoms with Crippen molar-refractivity contribution in [2.75, 3.05) is 13.6 Å². The lowest BCUT2D eigenvalue weighted by molar-refractivity contribution is 0.392. The average Bonchev–Trinajstić information content (AvgIpc) is 3.12. The van der Waals surface area contributed by atoms with Crippen LogP contribution in [0, 0.1) is 12.3 Å². The van der Waals surface area contributed by atoms with Crippen LogP contribution in [-0.2, 0) is 7.05 Å². The molecular weight excluding hydrogens is 236 g/mol. The van der Waals surface area contributed by atoms with Gasteiger partial charge in [0, 0.05) is 25.0 Å². The van der Waals surface area contributed by atoms with Crippen LogP contribution in [0.15, 0.2) is 18.2 Å². The van der Waals surface area contributed by atoms with E-state index in [9.17, 15) is 0 Å². The van der Waals surface area contributed by atoms with Crippen molar-refractivity contribution in [1.29, 1.82) is 0 Å². The fraction of sp³-hybridized carbons (Fsp3) is 0.533. The molecule has 1 saturated carbocycles. The quantitative estimate of drug-likeness (QED) is 0.880. The van der Waals surface area contributed by atoms with Crippen LogP contribution >= 0.6 is 0 Å². The van der Waals surface area contributed by atoms with Crippen molar-refractivity contribution < 1.29 is 0 Å². The molecule has 1 aliphatic carbocycles. The SMILES string of the molecule is CNCC1(C(N)c2ccc3c(c2)nc(C)n3C)CC1. The van der Waals surface area contributed by atoms with Gasteiger partial charge in [0.05, 0.1) is 11.0 Å². The lowest BCUT2D eigenvalue weighted by atomic mass is 9.90. The summed E-state index contributed by atoms with van der Waals surface area (Å²) < 4.78 is 2.12. The fourth-order valence-corrected chi connectivity index (χ4v) is 2.99. The maximum absolute atomic E-state index is 6.48. The molecule has 3 N–H and O–H groups in total. The van der Waals surface area contributed by atoms with Crippen LogP contribution in [0.25, 0.3) is 11.0 Å². The first kappa shape index (κ1) is 12.6. The van der Waals surface area contributed by atoms with Gasteiger partial charge in [-0.25, -0.2) is 4.98 Å². The third kappa shape index (κ3) is 1.95. The molecule has 102 valence electrons. The van der Waals surface area contributed by atoms with Crippen LogP contribution in [0.4, 0.5) is 0 Å². The summed E-state index contributed by atoms with van der Waals surface area (Å²) in [5.41, 5.74) is 10.2. The Morgan fingerprint density at radius 1 is 1.47 bits per heavy atom. The van der Waals surface area contributed by atoms with Gasteiger partial charge in [0.1, 0.15) is 5.82 Å². The Hall–Kier alpha value is -1.39. The molecule has 1 aromatic carbocycles. The highest BCUT2D eigenvalue weighted by molar-refractivity contribution is 5.77. The Labute approximate surface area is 114 Å². The minimum atomic E-state index is 0.103. The molecule has 4 heteroatoms. The summed E-state index contributed by atoms with van der Waals surface area (Å²) in [5.74, 6) is 1.04. The number of nitrogens with two attached hydrogens (primary N) is 1. The Morgan fingerprint density at radius 3 is 2.84 bits per heavy atom. The van der Waals surface area contributed by atoms with E-state index < -0.39 is 0 Å². The third-order valence-corrected chi connectivity index (χ3v) is 4.57. The molecule has 1 heterocycles. The lowest BCUT2D eigenvalue weighted by Crippen LogP contribution is -2.31. The zero-order valence-corrected chi connectivity index (χ0v) is 11.9. The number of nitrogens with zero attached hydrogens (tertiary/aromatic N) is 2. The number of rotatable bonds is 4. The van der Waals surface area contributed by atoms with Crippen LogP contribution < -0.4 is 11.1 Å². The summed E-state index contributed by atoms with van der Waals surface area (Å²) in [6.07, 6.45) is 2.43. The van der Waals surface area contributed by atoms with Gasteiger partial charge in [0.15, 0.2) is 0 Å². The summed E-state index contributed by atoms with van der Waals surface area (Å²) in [5, 5.41) is 3.27. The number of nitrogens with one attached hydrogen (secondary N) is 1. The molecule has 1 fully saturated rings. The van der Waals surface area contributed by atoms with Crippen LogP contribution in [0.3, 0.4) is 0 Å². The summed E-state index contributed by atoms with van der Waals surface area (Å²) in [4.78, 5) is 4.60. The van der Waals surface area contributed by atoms with E-state index in [-0.39, 0.29) is 11.5 Å². The maximum atomic E-state index is 6.48. The topological polar surface area (TPSA) is 55.9 Å². The number of aromatic nitrogens is 2. The molecule has 3 rings (SSSR count). The molecule has 2 aromatic rings. The molecule has 0 aliphatic heterocycles. The van der Waals surface area contributed by atoms with Crippen molar-refractivity contribution in [3.05, 3.63) is 29.6 Å². The number of imidazole rings is 1. The van der Waals surface area contributed by atoms with E-state index in [4.69, 9.17) is 5.73 Å². The van der Waals surface area contributed by atoms with Gasteiger partial charge in [-0.3, -0.25) is 0 Å². The summed E-state index contributed by atoms with van der Waals surface area (Å²) in [6, 6.07) is 6.55. The molecule has 1 atom stereocenters. The molecule has 0 amide bonds. The van der Waals surface area contributed by atoms with Crippen molar-refractivity contribution >= 4 is 11.0 Å². The van der Waals surface area contributed by atoms with E-state index in [0.29, 0.717) is 0 Å². The molecule has 19 heavy (non-hydrogen) atoms. The highest BCUT2D eigenvalue weighted by Gasteiger charge is 2.47. The van der Waals surface area contributed by atoms with E-state index in [2.05, 4.69) is 33.1 Å². The van der Waals surface area contributed by atoms with Crippen LogP contribution in [0.1, 0.15) is 30.3 Å². The van der Waals surface area contributed by atoms with Crippen molar-refractivity contribution in [3.8, 4) is 0 Å². The average molecular weight is 258 g/mol. The zero-order chi connectivity index (χ0) is 13.6. The maximum Gasteiger partial charge on any atom is 0.106 e. The van der Waals surface area contributed by atoms with Crippen molar-refractivity contribution in [1.82, 2.24) is 14.9 Å². The molecule has 0 saturated heterocycles. The molecule has 0 bridgehead atoms. The molecular formula is C15H22N4. The number of fused-ring (bicyclic) bond motifs is 1. The standard InChI is InChI=1S/C15H22N4/c1-10-18-12-8-11(4-5-13(12)19(10)3)14(16)15(6-7-15)9-17-2/h4-5,8,14,17H,6-7,9,16H2,1-3H3. The van der Waals surface area contributed by atoms with Gasteiger partial charge in [0.2, 0.25) is 0 Å². The first-order valence-electron chi connectivity index (χ1n) is 6.90. The summed E-state index contributed by atoms with van der Waals surface area (Å²) in [7, 11) is 4.05. The highest BCUT2D eigenvalue weighted by atomic mass is 15.0. The van der Waals surface area contributed by atoms with Gasteiger partial charge in [-0.15, -0.1) is 0 Å². The van der Waals surface area contributed by atoms with Crippen LogP contribution in [0.2, 0.25) is 0 Å². The van der Waals surface area contributed by atoms with Crippen molar-refractivity contribution in [2.45, 2.75) is 25.8 Å². The van der Waals surface area contributed by atoms with Crippen molar-refractivity contribution in [2.24, 2.45) is 18.2 Å². The Morgan fingerprint density at radius 2 is 2.21 bits per heavy atom. The number of aryl methyl sites for hydroxylation is 2. The lowest BCUT2D eigenvalue weighted by Gasteiger charge is -2.23. The Balaban J connectivity index is 1.97. The highest BCUT2D eigenvalue weighted by Crippen LogP contribution is 2.53. The second-order valence-corrected chi connectivity index (χ2v) is 5.84. The third-order valence-electron chi connectivity index (χ3n) is 4.57. The normalized spacial score (nSPS) is 18.7. The van der Waals surface area contributed by atoms with E-state index >= 15 is 0 Å². The smallest absolute Gasteiger partial charge is 0.106 e. The van der Waals surface area contributed by atoms with E-state index in [1.54, 1.807) is 0 Å². The van der Waals surface area contributed by atoms with Gasteiger partial charge in [0.25, 0.3) is 0 Å². The van der Waals surface area contributed by atoms with E-state index in [1.807, 2.05) is 21.0 Å². The monoisotopic (exact) mass is 258 g/mol. The minimum Gasteiger partial charge on any atom is -0.331 e. The molecule has 1 unspecified atom stereocenters. The first-order chi connectivity index (χ1) is 9.07. The largest absolute Gasteiger partial charge is 0.331 e. The van der Waals surface area contributed by atoms with Gasteiger partial charge in [-0.1, -0.05) is 6.07 Å². The van der Waals surface area contributed by atoms with E-state index in [1.165, 1.54) is 23.9 Å². The number of hydrogen-bond acceptors (Lipinski definition) is 3. The minimum absolute atomic E-state index is 0.103. The molecule has 0 spiro atoms. The van der Waals surface area contributed by atoms with Gasteiger partial charge in [-0.05, 0) is 44.5 Å². The molecule has 4 nitrogen and oxygen atoms in total. The second-order valence-electron chi connectivity index (χ2n) is 5.84.